The Bertz CT molecular complexity index is 754. The zero-order valence-corrected chi connectivity index (χ0v) is 13.1. The van der Waals surface area contributed by atoms with Crippen LogP contribution < -0.4 is 5.32 Å². The van der Waals surface area contributed by atoms with Gasteiger partial charge in [0.25, 0.3) is 0 Å². The van der Waals surface area contributed by atoms with Gasteiger partial charge in [-0.3, -0.25) is 9.67 Å². The summed E-state index contributed by atoms with van der Waals surface area (Å²) >= 11 is 0. The zero-order chi connectivity index (χ0) is 16.1. The third-order valence-electron chi connectivity index (χ3n) is 3.75. The Hall–Kier alpha value is -2.66. The quantitative estimate of drug-likeness (QED) is 0.734. The maximum atomic E-state index is 8.94. The van der Waals surface area contributed by atoms with Gasteiger partial charge in [0.1, 0.15) is 0 Å². The van der Waals surface area contributed by atoms with Gasteiger partial charge < -0.3 is 10.4 Å². The number of pyridine rings is 1. The Morgan fingerprint density at radius 2 is 2.00 bits per heavy atom. The standard InChI is InChI=1S/C18H20N4O/c1-14(21-18-12-20-22(13-18)9-10-23)16-3-2-4-17(11-16)15-5-7-19-8-6-15/h2-8,11-14,21,23H,9-10H2,1H3. The number of nitrogens with zero attached hydrogens (tertiary/aromatic N) is 3. The van der Waals surface area contributed by atoms with E-state index in [2.05, 4.69) is 46.6 Å². The molecule has 0 aliphatic rings. The maximum Gasteiger partial charge on any atom is 0.0731 e. The highest BCUT2D eigenvalue weighted by atomic mass is 16.3. The minimum Gasteiger partial charge on any atom is -0.394 e. The summed E-state index contributed by atoms with van der Waals surface area (Å²) in [5.74, 6) is 0. The topological polar surface area (TPSA) is 63.0 Å². The largest absolute Gasteiger partial charge is 0.394 e. The van der Waals surface area contributed by atoms with E-state index in [1.54, 1.807) is 23.3 Å². The average Bonchev–Trinajstić information content (AvgIpc) is 3.03. The highest BCUT2D eigenvalue weighted by Gasteiger charge is 2.08. The van der Waals surface area contributed by atoms with E-state index in [1.807, 2.05) is 18.3 Å². The summed E-state index contributed by atoms with van der Waals surface area (Å²) in [6.45, 7) is 2.72. The second kappa shape index (κ2) is 7.07. The van der Waals surface area contributed by atoms with Crippen molar-refractivity contribution in [3.63, 3.8) is 0 Å². The number of aliphatic hydroxyl groups is 1. The van der Waals surface area contributed by atoms with Gasteiger partial charge in [0, 0.05) is 24.6 Å². The third-order valence-corrected chi connectivity index (χ3v) is 3.75. The van der Waals surface area contributed by atoms with Crippen LogP contribution in [0.15, 0.2) is 61.2 Å². The molecule has 5 nitrogen and oxygen atoms in total. The van der Waals surface area contributed by atoms with Crippen LogP contribution in [0.3, 0.4) is 0 Å². The van der Waals surface area contributed by atoms with Gasteiger partial charge >= 0.3 is 0 Å². The Balaban J connectivity index is 1.75. The summed E-state index contributed by atoms with van der Waals surface area (Å²) in [5.41, 5.74) is 4.48. The molecular weight excluding hydrogens is 288 g/mol. The number of anilines is 1. The SMILES string of the molecule is CC(Nc1cnn(CCO)c1)c1cccc(-c2ccncc2)c1. The first-order valence-electron chi connectivity index (χ1n) is 7.66. The predicted octanol–water partition coefficient (Wildman–Crippen LogP) is 3.11. The van der Waals surface area contributed by atoms with Crippen molar-refractivity contribution in [3.05, 3.63) is 66.7 Å². The molecule has 3 aromatic rings. The number of rotatable bonds is 6. The Labute approximate surface area is 135 Å². The number of aromatic nitrogens is 3. The molecule has 0 saturated carbocycles. The molecule has 2 aromatic heterocycles. The number of hydrogen-bond donors (Lipinski definition) is 2. The molecule has 0 bridgehead atoms. The fourth-order valence-corrected chi connectivity index (χ4v) is 2.53. The third kappa shape index (κ3) is 3.76. The van der Waals surface area contributed by atoms with E-state index >= 15 is 0 Å². The van der Waals surface area contributed by atoms with Gasteiger partial charge in [0.15, 0.2) is 0 Å². The zero-order valence-electron chi connectivity index (χ0n) is 13.1. The second-order valence-corrected chi connectivity index (χ2v) is 5.44. The lowest BCUT2D eigenvalue weighted by molar-refractivity contribution is 0.269. The number of hydrogen-bond acceptors (Lipinski definition) is 4. The van der Waals surface area contributed by atoms with Gasteiger partial charge in [0.2, 0.25) is 0 Å². The molecule has 2 N–H and O–H groups in total. The van der Waals surface area contributed by atoms with E-state index in [0.29, 0.717) is 6.54 Å². The van der Waals surface area contributed by atoms with E-state index in [-0.39, 0.29) is 12.6 Å². The van der Waals surface area contributed by atoms with Crippen LogP contribution in [-0.4, -0.2) is 26.5 Å². The molecule has 0 amide bonds. The minimum atomic E-state index is 0.0879. The molecule has 5 heteroatoms. The lowest BCUT2D eigenvalue weighted by Crippen LogP contribution is -2.06. The predicted molar refractivity (Wildman–Crippen MR) is 91.0 cm³/mol. The molecule has 1 unspecified atom stereocenters. The molecule has 0 fully saturated rings. The number of benzene rings is 1. The van der Waals surface area contributed by atoms with Crippen molar-refractivity contribution in [2.45, 2.75) is 19.5 Å². The van der Waals surface area contributed by atoms with E-state index in [0.717, 1.165) is 11.3 Å². The van der Waals surface area contributed by atoms with Gasteiger partial charge in [-0.25, -0.2) is 0 Å². The first-order valence-corrected chi connectivity index (χ1v) is 7.66. The molecule has 118 valence electrons. The molecule has 2 heterocycles. The van der Waals surface area contributed by atoms with E-state index in [9.17, 15) is 0 Å². The van der Waals surface area contributed by atoms with E-state index in [4.69, 9.17) is 5.11 Å². The van der Waals surface area contributed by atoms with E-state index in [1.165, 1.54) is 11.1 Å². The molecule has 23 heavy (non-hydrogen) atoms. The van der Waals surface area contributed by atoms with Gasteiger partial charge in [-0.1, -0.05) is 18.2 Å². The summed E-state index contributed by atoms with van der Waals surface area (Å²) < 4.78 is 1.72. The monoisotopic (exact) mass is 308 g/mol. The summed E-state index contributed by atoms with van der Waals surface area (Å²) in [7, 11) is 0. The maximum absolute atomic E-state index is 8.94. The fourth-order valence-electron chi connectivity index (χ4n) is 2.53. The highest BCUT2D eigenvalue weighted by molar-refractivity contribution is 5.63. The number of nitrogens with one attached hydrogen (secondary N) is 1. The van der Waals surface area contributed by atoms with Gasteiger partial charge in [-0.15, -0.1) is 0 Å². The summed E-state index contributed by atoms with van der Waals surface area (Å²) in [5, 5.41) is 16.6. The van der Waals surface area contributed by atoms with Crippen LogP contribution in [0.4, 0.5) is 5.69 Å². The van der Waals surface area contributed by atoms with Gasteiger partial charge in [0.05, 0.1) is 25.0 Å². The van der Waals surface area contributed by atoms with Gasteiger partial charge in [-0.2, -0.15) is 5.10 Å². The molecule has 1 aromatic carbocycles. The normalized spacial score (nSPS) is 12.1. The Morgan fingerprint density at radius 1 is 1.17 bits per heavy atom. The summed E-state index contributed by atoms with van der Waals surface area (Å²) in [6.07, 6.45) is 7.29. The average molecular weight is 308 g/mol. The Kier molecular flexibility index (Phi) is 4.68. The first kappa shape index (κ1) is 15.2. The van der Waals surface area contributed by atoms with Crippen molar-refractivity contribution in [1.29, 1.82) is 0 Å². The highest BCUT2D eigenvalue weighted by Crippen LogP contribution is 2.24. The van der Waals surface area contributed by atoms with Crippen molar-refractivity contribution < 1.29 is 5.11 Å². The molecule has 3 rings (SSSR count). The van der Waals surface area contributed by atoms with E-state index < -0.39 is 0 Å². The van der Waals surface area contributed by atoms with Crippen LogP contribution in [0.25, 0.3) is 11.1 Å². The smallest absolute Gasteiger partial charge is 0.0731 e. The number of aliphatic hydroxyl groups excluding tert-OH is 1. The van der Waals surface area contributed by atoms with Crippen LogP contribution in [0, 0.1) is 0 Å². The molecule has 0 aliphatic heterocycles. The Morgan fingerprint density at radius 3 is 2.78 bits per heavy atom. The first-order chi connectivity index (χ1) is 11.3. The van der Waals surface area contributed by atoms with Crippen LogP contribution in [-0.2, 0) is 6.54 Å². The van der Waals surface area contributed by atoms with Crippen LogP contribution in [0.2, 0.25) is 0 Å². The molecular formula is C18H20N4O. The van der Waals surface area contributed by atoms with Crippen molar-refractivity contribution >= 4 is 5.69 Å². The van der Waals surface area contributed by atoms with Crippen LogP contribution in [0.1, 0.15) is 18.5 Å². The van der Waals surface area contributed by atoms with Crippen molar-refractivity contribution in [1.82, 2.24) is 14.8 Å². The molecule has 1 atom stereocenters. The molecule has 0 saturated heterocycles. The summed E-state index contributed by atoms with van der Waals surface area (Å²) in [6, 6.07) is 12.6. The molecule has 0 radical (unpaired) electrons. The van der Waals surface area contributed by atoms with Crippen molar-refractivity contribution in [2.24, 2.45) is 0 Å². The van der Waals surface area contributed by atoms with Crippen molar-refractivity contribution in [3.8, 4) is 11.1 Å². The van der Waals surface area contributed by atoms with Crippen molar-refractivity contribution in [2.75, 3.05) is 11.9 Å². The van der Waals surface area contributed by atoms with Crippen LogP contribution >= 0.6 is 0 Å². The second-order valence-electron chi connectivity index (χ2n) is 5.44. The summed E-state index contributed by atoms with van der Waals surface area (Å²) in [4.78, 5) is 4.06. The lowest BCUT2D eigenvalue weighted by Gasteiger charge is -2.15. The fraction of sp³-hybridized carbons (Fsp3) is 0.222. The minimum absolute atomic E-state index is 0.0879. The van der Waals surface area contributed by atoms with Crippen LogP contribution in [0.5, 0.6) is 0 Å². The lowest BCUT2D eigenvalue weighted by atomic mass is 10.0. The van der Waals surface area contributed by atoms with Gasteiger partial charge in [-0.05, 0) is 41.8 Å². The molecule has 0 aliphatic carbocycles. The molecule has 0 spiro atoms.